The van der Waals surface area contributed by atoms with E-state index in [0.29, 0.717) is 12.2 Å². The van der Waals surface area contributed by atoms with Crippen molar-refractivity contribution < 1.29 is 13.9 Å². The molecule has 0 radical (unpaired) electrons. The third-order valence-corrected chi connectivity index (χ3v) is 6.35. The van der Waals surface area contributed by atoms with Crippen LogP contribution in [-0.2, 0) is 10.3 Å². The molecule has 2 heterocycles. The highest BCUT2D eigenvalue weighted by Gasteiger charge is 2.65. The van der Waals surface area contributed by atoms with Gasteiger partial charge in [0.15, 0.2) is 0 Å². The van der Waals surface area contributed by atoms with E-state index in [1.54, 1.807) is 28.8 Å². The average Bonchev–Trinajstić information content (AvgIpc) is 2.91. The van der Waals surface area contributed by atoms with Crippen LogP contribution in [0.25, 0.3) is 0 Å². The fourth-order valence-corrected chi connectivity index (χ4v) is 4.80. The summed E-state index contributed by atoms with van der Waals surface area (Å²) in [5, 5.41) is 0.892. The Bertz CT molecular complexity index is 1130. The molecule has 150 valence electrons. The molecule has 4 nitrogen and oxygen atoms in total. The van der Waals surface area contributed by atoms with E-state index in [1.807, 2.05) is 60.9 Å². The molecule has 3 aromatic rings. The van der Waals surface area contributed by atoms with Gasteiger partial charge in [-0.15, -0.1) is 11.8 Å². The van der Waals surface area contributed by atoms with E-state index in [1.165, 1.54) is 12.1 Å². The number of amides is 1. The standard InChI is InChI=1S/C24H19FN2O2S/c1-30-21-15-24(16-11-13-17(25)14-12-16)22(29-18-7-3-2-4-8-18)23(28)27(24)20-10-6-5-9-19(20)26-21/h2-14,22H,15H2,1H3. The number of thioether (sulfide) groups is 1. The predicted molar refractivity (Wildman–Crippen MR) is 118 cm³/mol. The van der Waals surface area contributed by atoms with Crippen LogP contribution < -0.4 is 9.64 Å². The second-order valence-electron chi connectivity index (χ2n) is 7.29. The SMILES string of the molecule is CSC1=Nc2ccccc2N2C(=O)C(Oc3ccccc3)C2(c2ccc(F)cc2)C1. The summed E-state index contributed by atoms with van der Waals surface area (Å²) in [4.78, 5) is 20.0. The van der Waals surface area contributed by atoms with Crippen molar-refractivity contribution in [3.8, 4) is 5.75 Å². The molecule has 1 fully saturated rings. The number of para-hydroxylation sites is 3. The van der Waals surface area contributed by atoms with Crippen molar-refractivity contribution in [2.24, 2.45) is 4.99 Å². The van der Waals surface area contributed by atoms with E-state index >= 15 is 0 Å². The Kier molecular flexibility index (Phi) is 4.59. The van der Waals surface area contributed by atoms with Gasteiger partial charge in [-0.1, -0.05) is 42.5 Å². The summed E-state index contributed by atoms with van der Waals surface area (Å²) in [5.74, 6) is 0.172. The second kappa shape index (κ2) is 7.29. The van der Waals surface area contributed by atoms with E-state index in [4.69, 9.17) is 9.73 Å². The van der Waals surface area contributed by atoms with Crippen LogP contribution in [0, 0.1) is 5.82 Å². The van der Waals surface area contributed by atoms with Gasteiger partial charge in [-0.25, -0.2) is 9.38 Å². The maximum atomic E-state index is 13.7. The molecule has 0 saturated carbocycles. The second-order valence-corrected chi connectivity index (χ2v) is 8.17. The number of β-lactam (4-membered cyclic amide) rings is 1. The van der Waals surface area contributed by atoms with Gasteiger partial charge in [-0.3, -0.25) is 9.69 Å². The third-order valence-electron chi connectivity index (χ3n) is 5.64. The zero-order valence-electron chi connectivity index (χ0n) is 16.3. The molecule has 0 bridgehead atoms. The van der Waals surface area contributed by atoms with Crippen LogP contribution in [0.3, 0.4) is 0 Å². The Morgan fingerprint density at radius 3 is 2.47 bits per heavy atom. The average molecular weight is 418 g/mol. The lowest BCUT2D eigenvalue weighted by atomic mass is 9.72. The van der Waals surface area contributed by atoms with Gasteiger partial charge < -0.3 is 4.74 Å². The Labute approximate surface area is 178 Å². The molecule has 0 aliphatic carbocycles. The molecule has 1 saturated heterocycles. The minimum absolute atomic E-state index is 0.131. The first-order valence-electron chi connectivity index (χ1n) is 9.66. The number of fused-ring (bicyclic) bond motifs is 3. The third kappa shape index (κ3) is 2.82. The minimum atomic E-state index is -0.810. The van der Waals surface area contributed by atoms with Gasteiger partial charge in [-0.2, -0.15) is 0 Å². The number of halogens is 1. The van der Waals surface area contributed by atoms with Gasteiger partial charge in [-0.05, 0) is 48.2 Å². The molecule has 3 aromatic carbocycles. The van der Waals surface area contributed by atoms with Crippen LogP contribution in [0.2, 0.25) is 0 Å². The Hall–Kier alpha value is -3.12. The predicted octanol–water partition coefficient (Wildman–Crippen LogP) is 5.31. The first kappa shape index (κ1) is 18.9. The van der Waals surface area contributed by atoms with Crippen LogP contribution in [-0.4, -0.2) is 23.3 Å². The highest BCUT2D eigenvalue weighted by atomic mass is 32.2. The molecule has 30 heavy (non-hydrogen) atoms. The van der Waals surface area contributed by atoms with Gasteiger partial charge >= 0.3 is 0 Å². The maximum absolute atomic E-state index is 13.7. The number of anilines is 1. The van der Waals surface area contributed by atoms with E-state index in [9.17, 15) is 9.18 Å². The number of benzene rings is 3. The van der Waals surface area contributed by atoms with Crippen LogP contribution in [0.4, 0.5) is 15.8 Å². The maximum Gasteiger partial charge on any atom is 0.271 e. The highest BCUT2D eigenvalue weighted by Crippen LogP contribution is 2.53. The molecular formula is C24H19FN2O2S. The van der Waals surface area contributed by atoms with Crippen LogP contribution >= 0.6 is 11.8 Å². The number of rotatable bonds is 3. The van der Waals surface area contributed by atoms with E-state index in [0.717, 1.165) is 22.0 Å². The van der Waals surface area contributed by atoms with Crippen molar-refractivity contribution in [2.75, 3.05) is 11.2 Å². The number of carbonyl (C=O) groups is 1. The lowest BCUT2D eigenvalue weighted by Gasteiger charge is -2.56. The summed E-state index contributed by atoms with van der Waals surface area (Å²) < 4.78 is 20.0. The van der Waals surface area contributed by atoms with E-state index in [2.05, 4.69) is 0 Å². The summed E-state index contributed by atoms with van der Waals surface area (Å²) in [6.07, 6.45) is 1.72. The molecule has 2 unspecified atom stereocenters. The molecule has 1 amide bonds. The van der Waals surface area contributed by atoms with Crippen molar-refractivity contribution >= 4 is 34.1 Å². The molecular weight excluding hydrogens is 399 g/mol. The number of aliphatic imine (C=N–C) groups is 1. The van der Waals surface area contributed by atoms with Crippen molar-refractivity contribution in [1.82, 2.24) is 0 Å². The van der Waals surface area contributed by atoms with Gasteiger partial charge in [0, 0.05) is 6.42 Å². The van der Waals surface area contributed by atoms with Crippen molar-refractivity contribution in [2.45, 2.75) is 18.1 Å². The zero-order chi connectivity index (χ0) is 20.7. The summed E-state index contributed by atoms with van der Waals surface area (Å²) in [5.41, 5.74) is 1.50. The fraction of sp³-hybridized carbons (Fsp3) is 0.167. The Morgan fingerprint density at radius 1 is 1.03 bits per heavy atom. The number of hydrogen-bond acceptors (Lipinski definition) is 4. The zero-order valence-corrected chi connectivity index (χ0v) is 17.1. The summed E-state index contributed by atoms with van der Waals surface area (Å²) in [6.45, 7) is 0. The smallest absolute Gasteiger partial charge is 0.271 e. The molecule has 0 N–H and O–H groups in total. The van der Waals surface area contributed by atoms with E-state index < -0.39 is 11.6 Å². The molecule has 2 aliphatic heterocycles. The van der Waals surface area contributed by atoms with Gasteiger partial charge in [0.05, 0.1) is 16.4 Å². The van der Waals surface area contributed by atoms with Crippen molar-refractivity contribution in [3.63, 3.8) is 0 Å². The van der Waals surface area contributed by atoms with Gasteiger partial charge in [0.1, 0.15) is 17.1 Å². The number of ether oxygens (including phenoxy) is 1. The quantitative estimate of drug-likeness (QED) is 0.541. The Balaban J connectivity index is 1.70. The largest absolute Gasteiger partial charge is 0.478 e. The van der Waals surface area contributed by atoms with Crippen LogP contribution in [0.5, 0.6) is 5.75 Å². The van der Waals surface area contributed by atoms with Crippen molar-refractivity contribution in [3.05, 3.63) is 90.2 Å². The van der Waals surface area contributed by atoms with Gasteiger partial charge in [0.2, 0.25) is 6.10 Å². The molecule has 0 spiro atoms. The number of nitrogens with zero attached hydrogens (tertiary/aromatic N) is 2. The van der Waals surface area contributed by atoms with Gasteiger partial charge in [0.25, 0.3) is 5.91 Å². The minimum Gasteiger partial charge on any atom is -0.478 e. The summed E-state index contributed by atoms with van der Waals surface area (Å²) >= 11 is 1.55. The normalized spacial score (nSPS) is 22.3. The Morgan fingerprint density at radius 2 is 1.73 bits per heavy atom. The first-order chi connectivity index (χ1) is 14.6. The lowest BCUT2D eigenvalue weighted by molar-refractivity contribution is -0.141. The van der Waals surface area contributed by atoms with Crippen LogP contribution in [0.15, 0.2) is 83.9 Å². The first-order valence-corrected chi connectivity index (χ1v) is 10.9. The topological polar surface area (TPSA) is 41.9 Å². The number of carbonyl (C=O) groups excluding carboxylic acids is 1. The monoisotopic (exact) mass is 418 g/mol. The van der Waals surface area contributed by atoms with E-state index in [-0.39, 0.29) is 11.7 Å². The molecule has 0 aromatic heterocycles. The molecule has 2 aliphatic rings. The molecule has 5 rings (SSSR count). The summed E-state index contributed by atoms with van der Waals surface area (Å²) in [6, 6.07) is 23.3. The lowest BCUT2D eigenvalue weighted by Crippen LogP contribution is -2.74. The molecule has 6 heteroatoms. The van der Waals surface area contributed by atoms with Crippen molar-refractivity contribution in [1.29, 1.82) is 0 Å². The highest BCUT2D eigenvalue weighted by molar-refractivity contribution is 8.13. The van der Waals surface area contributed by atoms with Crippen LogP contribution in [0.1, 0.15) is 12.0 Å². The summed E-state index contributed by atoms with van der Waals surface area (Å²) in [7, 11) is 0. The molecule has 2 atom stereocenters. The number of hydrogen-bond donors (Lipinski definition) is 0. The fourth-order valence-electron chi connectivity index (χ4n) is 4.25.